The summed E-state index contributed by atoms with van der Waals surface area (Å²) < 4.78 is 0. The lowest BCUT2D eigenvalue weighted by atomic mass is 9.88. The van der Waals surface area contributed by atoms with Crippen molar-refractivity contribution >= 4 is 0 Å². The summed E-state index contributed by atoms with van der Waals surface area (Å²) in [4.78, 5) is 0. The van der Waals surface area contributed by atoms with Crippen molar-refractivity contribution in [3.8, 4) is 0 Å². The third-order valence-corrected chi connectivity index (χ3v) is 2.86. The van der Waals surface area contributed by atoms with Crippen molar-refractivity contribution in [1.29, 1.82) is 0 Å². The highest BCUT2D eigenvalue weighted by atomic mass is 14.9. The molecular formula is C13H24N2. The fourth-order valence-electron chi connectivity index (χ4n) is 1.67. The number of hydrogen-bond acceptors (Lipinski definition) is 2. The van der Waals surface area contributed by atoms with Crippen molar-refractivity contribution in [3.63, 3.8) is 0 Å². The van der Waals surface area contributed by atoms with Crippen LogP contribution in [0.5, 0.6) is 0 Å². The molecule has 0 aromatic rings. The highest BCUT2D eigenvalue weighted by molar-refractivity contribution is 5.30. The molecular weight excluding hydrogens is 184 g/mol. The van der Waals surface area contributed by atoms with E-state index < -0.39 is 0 Å². The Bertz CT molecular complexity index is 235. The van der Waals surface area contributed by atoms with Crippen LogP contribution in [0.15, 0.2) is 24.3 Å². The van der Waals surface area contributed by atoms with Gasteiger partial charge in [-0.2, -0.15) is 0 Å². The van der Waals surface area contributed by atoms with Crippen LogP contribution in [0.4, 0.5) is 0 Å². The van der Waals surface area contributed by atoms with Crippen LogP contribution in [0, 0.1) is 0 Å². The average molecular weight is 208 g/mol. The third kappa shape index (κ3) is 4.18. The van der Waals surface area contributed by atoms with Crippen LogP contribution >= 0.6 is 0 Å². The van der Waals surface area contributed by atoms with E-state index in [1.807, 2.05) is 6.92 Å². The summed E-state index contributed by atoms with van der Waals surface area (Å²) in [6.45, 7) is 7.49. The summed E-state index contributed by atoms with van der Waals surface area (Å²) in [5, 5.41) is 3.54. The second kappa shape index (κ2) is 4.95. The van der Waals surface area contributed by atoms with E-state index >= 15 is 0 Å². The number of nitrogens with one attached hydrogen (secondary N) is 1. The van der Waals surface area contributed by atoms with E-state index in [2.05, 4.69) is 43.5 Å². The Hall–Kier alpha value is -0.600. The van der Waals surface area contributed by atoms with Crippen molar-refractivity contribution in [2.45, 2.75) is 51.1 Å². The molecule has 1 aliphatic carbocycles. The molecule has 0 amide bonds. The first-order chi connectivity index (χ1) is 6.97. The molecule has 0 radical (unpaired) electrons. The van der Waals surface area contributed by atoms with Crippen molar-refractivity contribution in [1.82, 2.24) is 5.32 Å². The van der Waals surface area contributed by atoms with E-state index in [0.29, 0.717) is 0 Å². The molecule has 2 nitrogen and oxygen atoms in total. The Kier molecular flexibility index (Phi) is 4.12. The highest BCUT2D eigenvalue weighted by Crippen LogP contribution is 2.19. The predicted molar refractivity (Wildman–Crippen MR) is 66.8 cm³/mol. The SMILES string of the molecule is CCCCCNC1(C)C=CC(C)(N)C=C1. The minimum atomic E-state index is -0.273. The first-order valence-corrected chi connectivity index (χ1v) is 5.92. The predicted octanol–water partition coefficient (Wildman–Crippen LogP) is 2.37. The van der Waals surface area contributed by atoms with Crippen LogP contribution in [0.3, 0.4) is 0 Å². The molecule has 0 unspecified atom stereocenters. The highest BCUT2D eigenvalue weighted by Gasteiger charge is 2.23. The van der Waals surface area contributed by atoms with E-state index in [0.717, 1.165) is 6.54 Å². The van der Waals surface area contributed by atoms with Gasteiger partial charge < -0.3 is 11.1 Å². The normalized spacial score (nSPS) is 34.7. The van der Waals surface area contributed by atoms with Gasteiger partial charge in [0.05, 0.1) is 5.54 Å². The van der Waals surface area contributed by atoms with Gasteiger partial charge >= 0.3 is 0 Å². The van der Waals surface area contributed by atoms with Gasteiger partial charge in [-0.25, -0.2) is 0 Å². The van der Waals surface area contributed by atoms with Crippen LogP contribution in [0.1, 0.15) is 40.0 Å². The van der Waals surface area contributed by atoms with E-state index in [9.17, 15) is 0 Å². The molecule has 0 saturated carbocycles. The van der Waals surface area contributed by atoms with Gasteiger partial charge in [0.25, 0.3) is 0 Å². The largest absolute Gasteiger partial charge is 0.319 e. The Balaban J connectivity index is 2.39. The number of hydrogen-bond donors (Lipinski definition) is 2. The first kappa shape index (κ1) is 12.5. The maximum Gasteiger partial charge on any atom is 0.0522 e. The molecule has 0 atom stereocenters. The van der Waals surface area contributed by atoms with Crippen LogP contribution in [-0.4, -0.2) is 17.6 Å². The molecule has 86 valence electrons. The van der Waals surface area contributed by atoms with E-state index in [4.69, 9.17) is 5.73 Å². The van der Waals surface area contributed by atoms with Gasteiger partial charge in [0.1, 0.15) is 0 Å². The summed E-state index contributed by atoms with van der Waals surface area (Å²) >= 11 is 0. The lowest BCUT2D eigenvalue weighted by Crippen LogP contribution is -2.44. The standard InChI is InChI=1S/C13H24N2/c1-4-5-6-11-15-13(3)9-7-12(2,14)8-10-13/h7-10,15H,4-6,11,14H2,1-3H3. The quantitative estimate of drug-likeness (QED) is 0.538. The van der Waals surface area contributed by atoms with Crippen molar-refractivity contribution in [2.24, 2.45) is 5.73 Å². The molecule has 3 N–H and O–H groups in total. The smallest absolute Gasteiger partial charge is 0.0522 e. The summed E-state index contributed by atoms with van der Waals surface area (Å²) in [5.74, 6) is 0. The van der Waals surface area contributed by atoms with Gasteiger partial charge in [0.2, 0.25) is 0 Å². The molecule has 0 saturated heterocycles. The van der Waals surface area contributed by atoms with Crippen molar-refractivity contribution < 1.29 is 0 Å². The zero-order valence-electron chi connectivity index (χ0n) is 10.2. The van der Waals surface area contributed by atoms with E-state index in [1.165, 1.54) is 19.3 Å². The molecule has 0 fully saturated rings. The zero-order valence-corrected chi connectivity index (χ0v) is 10.2. The number of nitrogens with two attached hydrogens (primary N) is 1. The lowest BCUT2D eigenvalue weighted by molar-refractivity contribution is 0.490. The van der Waals surface area contributed by atoms with Gasteiger partial charge in [-0.1, -0.05) is 44.1 Å². The molecule has 1 aliphatic rings. The number of unbranched alkanes of at least 4 members (excludes halogenated alkanes) is 2. The Morgan fingerprint density at radius 1 is 1.07 bits per heavy atom. The Morgan fingerprint density at radius 2 is 1.67 bits per heavy atom. The molecule has 0 spiro atoms. The van der Waals surface area contributed by atoms with Crippen LogP contribution in [0.25, 0.3) is 0 Å². The lowest BCUT2D eigenvalue weighted by Gasteiger charge is -2.31. The van der Waals surface area contributed by atoms with Crippen LogP contribution < -0.4 is 11.1 Å². The molecule has 0 heterocycles. The monoisotopic (exact) mass is 208 g/mol. The molecule has 1 rings (SSSR count). The molecule has 0 bridgehead atoms. The zero-order chi connectivity index (χ0) is 11.4. The summed E-state index contributed by atoms with van der Waals surface area (Å²) in [6.07, 6.45) is 12.3. The van der Waals surface area contributed by atoms with E-state index in [1.54, 1.807) is 0 Å². The van der Waals surface area contributed by atoms with Gasteiger partial charge in [-0.3, -0.25) is 0 Å². The van der Waals surface area contributed by atoms with E-state index in [-0.39, 0.29) is 11.1 Å². The molecule has 0 aliphatic heterocycles. The fourth-order valence-corrected chi connectivity index (χ4v) is 1.67. The minimum absolute atomic E-state index is 0.00732. The second-order valence-corrected chi connectivity index (χ2v) is 4.95. The first-order valence-electron chi connectivity index (χ1n) is 5.92. The Morgan fingerprint density at radius 3 is 2.20 bits per heavy atom. The summed E-state index contributed by atoms with van der Waals surface area (Å²) in [5.41, 5.74) is 5.69. The maximum absolute atomic E-state index is 5.97. The fraction of sp³-hybridized carbons (Fsp3) is 0.692. The molecule has 0 aromatic carbocycles. The number of rotatable bonds is 5. The van der Waals surface area contributed by atoms with Gasteiger partial charge in [0.15, 0.2) is 0 Å². The molecule has 0 aromatic heterocycles. The minimum Gasteiger partial charge on any atom is -0.319 e. The van der Waals surface area contributed by atoms with Gasteiger partial charge in [-0.05, 0) is 26.8 Å². The van der Waals surface area contributed by atoms with Crippen LogP contribution in [0.2, 0.25) is 0 Å². The van der Waals surface area contributed by atoms with Crippen LogP contribution in [-0.2, 0) is 0 Å². The van der Waals surface area contributed by atoms with Crippen molar-refractivity contribution in [3.05, 3.63) is 24.3 Å². The second-order valence-electron chi connectivity index (χ2n) is 4.95. The van der Waals surface area contributed by atoms with Gasteiger partial charge in [-0.15, -0.1) is 0 Å². The third-order valence-electron chi connectivity index (χ3n) is 2.86. The van der Waals surface area contributed by atoms with Gasteiger partial charge in [0, 0.05) is 5.54 Å². The maximum atomic E-state index is 5.97. The summed E-state index contributed by atoms with van der Waals surface area (Å²) in [6, 6.07) is 0. The topological polar surface area (TPSA) is 38.0 Å². The molecule has 2 heteroatoms. The Labute approximate surface area is 93.6 Å². The van der Waals surface area contributed by atoms with Crippen molar-refractivity contribution in [2.75, 3.05) is 6.54 Å². The molecule has 15 heavy (non-hydrogen) atoms. The summed E-state index contributed by atoms with van der Waals surface area (Å²) in [7, 11) is 0. The average Bonchev–Trinajstić information content (AvgIpc) is 2.19.